The Morgan fingerprint density at radius 1 is 1.38 bits per heavy atom. The van der Waals surface area contributed by atoms with Crippen LogP contribution in [0.3, 0.4) is 0 Å². The molecule has 0 fully saturated rings. The van der Waals surface area contributed by atoms with Gasteiger partial charge in [-0.15, -0.1) is 0 Å². The number of rotatable bonds is 7. The van der Waals surface area contributed by atoms with Crippen molar-refractivity contribution in [2.75, 3.05) is 18.5 Å². The van der Waals surface area contributed by atoms with Crippen molar-refractivity contribution in [3.8, 4) is 0 Å². The smallest absolute Gasteiger partial charge is 0.131 e. The molecule has 2 heterocycles. The maximum Gasteiger partial charge on any atom is 0.131 e. The lowest BCUT2D eigenvalue weighted by Crippen LogP contribution is -2.22. The van der Waals surface area contributed by atoms with Crippen molar-refractivity contribution in [3.63, 3.8) is 0 Å². The average molecular weight is 288 g/mol. The van der Waals surface area contributed by atoms with Gasteiger partial charge in [0.2, 0.25) is 0 Å². The molecule has 0 radical (unpaired) electrons. The van der Waals surface area contributed by atoms with Crippen molar-refractivity contribution < 1.29 is 4.42 Å². The van der Waals surface area contributed by atoms with E-state index >= 15 is 0 Å². The monoisotopic (exact) mass is 288 g/mol. The first-order valence-corrected chi connectivity index (χ1v) is 7.41. The molecule has 5 nitrogen and oxygen atoms in total. The minimum absolute atomic E-state index is 0.329. The van der Waals surface area contributed by atoms with E-state index in [9.17, 15) is 0 Å². The number of hydrogen-bond donors (Lipinski definition) is 1. The highest BCUT2D eigenvalue weighted by atomic mass is 16.3. The quantitative estimate of drug-likeness (QED) is 0.849. The molecular formula is C16H24N4O. The van der Waals surface area contributed by atoms with E-state index in [2.05, 4.69) is 36.0 Å². The number of hydrogen-bond acceptors (Lipinski definition) is 5. The van der Waals surface area contributed by atoms with E-state index in [0.717, 1.165) is 36.1 Å². The van der Waals surface area contributed by atoms with E-state index in [1.54, 1.807) is 6.26 Å². The number of aromatic nitrogens is 2. The van der Waals surface area contributed by atoms with Gasteiger partial charge in [0.15, 0.2) is 0 Å². The SMILES string of the molecule is CCNCc1nc(C(C)C)ncc1N(C)Cc1ccco1. The summed E-state index contributed by atoms with van der Waals surface area (Å²) in [5.41, 5.74) is 2.07. The number of furan rings is 1. The Balaban J connectivity index is 2.23. The largest absolute Gasteiger partial charge is 0.467 e. The number of nitrogens with zero attached hydrogens (tertiary/aromatic N) is 3. The average Bonchev–Trinajstić information content (AvgIpc) is 2.97. The summed E-state index contributed by atoms with van der Waals surface area (Å²) in [5.74, 6) is 2.15. The van der Waals surface area contributed by atoms with E-state index < -0.39 is 0 Å². The minimum atomic E-state index is 0.329. The molecule has 2 aromatic heterocycles. The summed E-state index contributed by atoms with van der Waals surface area (Å²) in [6.07, 6.45) is 3.61. The summed E-state index contributed by atoms with van der Waals surface area (Å²) in [7, 11) is 2.03. The Morgan fingerprint density at radius 2 is 2.19 bits per heavy atom. The van der Waals surface area contributed by atoms with Crippen molar-refractivity contribution in [3.05, 3.63) is 41.9 Å². The molecule has 0 aromatic carbocycles. The zero-order chi connectivity index (χ0) is 15.2. The molecule has 2 aromatic rings. The lowest BCUT2D eigenvalue weighted by Gasteiger charge is -2.21. The Morgan fingerprint density at radius 3 is 2.81 bits per heavy atom. The topological polar surface area (TPSA) is 54.2 Å². The predicted octanol–water partition coefficient (Wildman–Crippen LogP) is 2.94. The Labute approximate surface area is 126 Å². The van der Waals surface area contributed by atoms with Crippen LogP contribution in [0.2, 0.25) is 0 Å². The third-order valence-electron chi connectivity index (χ3n) is 3.31. The first kappa shape index (κ1) is 15.5. The first-order valence-electron chi connectivity index (χ1n) is 7.41. The summed E-state index contributed by atoms with van der Waals surface area (Å²) in [6, 6.07) is 3.88. The van der Waals surface area contributed by atoms with Gasteiger partial charge in [0.1, 0.15) is 11.6 Å². The van der Waals surface area contributed by atoms with Gasteiger partial charge in [0.05, 0.1) is 30.4 Å². The van der Waals surface area contributed by atoms with Crippen molar-refractivity contribution in [1.29, 1.82) is 0 Å². The van der Waals surface area contributed by atoms with Crippen LogP contribution in [0, 0.1) is 0 Å². The summed E-state index contributed by atoms with van der Waals surface area (Å²) in [5, 5.41) is 3.34. The molecule has 1 N–H and O–H groups in total. The molecule has 114 valence electrons. The van der Waals surface area contributed by atoms with Crippen LogP contribution in [-0.4, -0.2) is 23.6 Å². The van der Waals surface area contributed by atoms with Gasteiger partial charge < -0.3 is 14.6 Å². The standard InChI is InChI=1S/C16H24N4O/c1-5-17-9-14-15(10-18-16(19-14)12(2)3)20(4)11-13-7-6-8-21-13/h6-8,10,12,17H,5,9,11H2,1-4H3. The van der Waals surface area contributed by atoms with Crippen LogP contribution >= 0.6 is 0 Å². The molecular weight excluding hydrogens is 264 g/mol. The molecule has 0 spiro atoms. The Hall–Kier alpha value is -1.88. The van der Waals surface area contributed by atoms with Gasteiger partial charge in [0, 0.05) is 19.5 Å². The lowest BCUT2D eigenvalue weighted by molar-refractivity contribution is 0.507. The van der Waals surface area contributed by atoms with Gasteiger partial charge in [-0.1, -0.05) is 20.8 Å². The molecule has 0 aliphatic carbocycles. The number of anilines is 1. The second-order valence-electron chi connectivity index (χ2n) is 5.43. The summed E-state index contributed by atoms with van der Waals surface area (Å²) in [6.45, 7) is 8.68. The zero-order valence-electron chi connectivity index (χ0n) is 13.3. The third-order valence-corrected chi connectivity index (χ3v) is 3.31. The summed E-state index contributed by atoms with van der Waals surface area (Å²) in [4.78, 5) is 11.3. The van der Waals surface area contributed by atoms with Crippen LogP contribution in [0.15, 0.2) is 29.0 Å². The second kappa shape index (κ2) is 7.22. The normalized spacial score (nSPS) is 11.1. The van der Waals surface area contributed by atoms with Crippen LogP contribution in [-0.2, 0) is 13.1 Å². The van der Waals surface area contributed by atoms with Gasteiger partial charge in [-0.05, 0) is 18.7 Å². The van der Waals surface area contributed by atoms with Crippen molar-refractivity contribution in [2.24, 2.45) is 0 Å². The zero-order valence-corrected chi connectivity index (χ0v) is 13.3. The highest BCUT2D eigenvalue weighted by molar-refractivity contribution is 5.48. The van der Waals surface area contributed by atoms with Crippen LogP contribution < -0.4 is 10.2 Å². The van der Waals surface area contributed by atoms with Gasteiger partial charge >= 0.3 is 0 Å². The molecule has 2 rings (SSSR count). The van der Waals surface area contributed by atoms with E-state index in [-0.39, 0.29) is 0 Å². The van der Waals surface area contributed by atoms with Gasteiger partial charge in [0.25, 0.3) is 0 Å². The molecule has 5 heteroatoms. The second-order valence-corrected chi connectivity index (χ2v) is 5.43. The molecule has 0 amide bonds. The van der Waals surface area contributed by atoms with Crippen molar-refractivity contribution in [2.45, 2.75) is 39.8 Å². The van der Waals surface area contributed by atoms with Gasteiger partial charge in [-0.3, -0.25) is 0 Å². The molecule has 0 aliphatic rings. The Kier molecular flexibility index (Phi) is 5.33. The fourth-order valence-corrected chi connectivity index (χ4v) is 2.12. The number of nitrogens with one attached hydrogen (secondary N) is 1. The van der Waals surface area contributed by atoms with E-state index in [0.29, 0.717) is 12.5 Å². The highest BCUT2D eigenvalue weighted by Gasteiger charge is 2.13. The van der Waals surface area contributed by atoms with Crippen LogP contribution in [0.5, 0.6) is 0 Å². The fraction of sp³-hybridized carbons (Fsp3) is 0.500. The molecule has 0 unspecified atom stereocenters. The summed E-state index contributed by atoms with van der Waals surface area (Å²) < 4.78 is 5.41. The van der Waals surface area contributed by atoms with Crippen molar-refractivity contribution in [1.82, 2.24) is 15.3 Å². The van der Waals surface area contributed by atoms with Gasteiger partial charge in [-0.2, -0.15) is 0 Å². The van der Waals surface area contributed by atoms with E-state index in [1.807, 2.05) is 25.4 Å². The van der Waals surface area contributed by atoms with E-state index in [4.69, 9.17) is 9.40 Å². The maximum absolute atomic E-state index is 5.41. The Bertz CT molecular complexity index is 551. The fourth-order valence-electron chi connectivity index (χ4n) is 2.12. The van der Waals surface area contributed by atoms with E-state index in [1.165, 1.54) is 0 Å². The maximum atomic E-state index is 5.41. The predicted molar refractivity (Wildman–Crippen MR) is 84.3 cm³/mol. The van der Waals surface area contributed by atoms with Crippen LogP contribution in [0.4, 0.5) is 5.69 Å². The molecule has 21 heavy (non-hydrogen) atoms. The molecule has 0 saturated carbocycles. The van der Waals surface area contributed by atoms with Crippen LogP contribution in [0.1, 0.15) is 44.0 Å². The summed E-state index contributed by atoms with van der Waals surface area (Å²) >= 11 is 0. The lowest BCUT2D eigenvalue weighted by atomic mass is 10.2. The minimum Gasteiger partial charge on any atom is -0.467 e. The van der Waals surface area contributed by atoms with Gasteiger partial charge in [-0.25, -0.2) is 9.97 Å². The van der Waals surface area contributed by atoms with Crippen LogP contribution in [0.25, 0.3) is 0 Å². The molecule has 0 aliphatic heterocycles. The highest BCUT2D eigenvalue weighted by Crippen LogP contribution is 2.21. The first-order chi connectivity index (χ1) is 10.1. The molecule has 0 bridgehead atoms. The van der Waals surface area contributed by atoms with Crippen molar-refractivity contribution >= 4 is 5.69 Å². The third kappa shape index (κ3) is 4.04. The molecule has 0 saturated heterocycles. The molecule has 0 atom stereocenters.